The molecule has 0 saturated carbocycles. The molecule has 142 valence electrons. The van der Waals surface area contributed by atoms with Crippen LogP contribution in [-0.2, 0) is 14.3 Å². The Balaban J connectivity index is 1.65. The van der Waals surface area contributed by atoms with E-state index in [9.17, 15) is 23.2 Å². The van der Waals surface area contributed by atoms with Gasteiger partial charge in [0.2, 0.25) is 0 Å². The van der Waals surface area contributed by atoms with E-state index in [-0.39, 0.29) is 13.0 Å². The lowest BCUT2D eigenvalue weighted by atomic mass is 10.3. The summed E-state index contributed by atoms with van der Waals surface area (Å²) in [5, 5.41) is 7.01. The highest BCUT2D eigenvalue weighted by atomic mass is 19.1. The van der Waals surface area contributed by atoms with Crippen molar-refractivity contribution in [3.05, 3.63) is 60.2 Å². The van der Waals surface area contributed by atoms with Crippen LogP contribution >= 0.6 is 0 Å². The second kappa shape index (κ2) is 9.85. The van der Waals surface area contributed by atoms with E-state index in [0.29, 0.717) is 5.69 Å². The minimum Gasteiger partial charge on any atom is -0.456 e. The van der Waals surface area contributed by atoms with Crippen LogP contribution in [0.3, 0.4) is 0 Å². The third-order valence-corrected chi connectivity index (χ3v) is 3.24. The van der Waals surface area contributed by atoms with Gasteiger partial charge in [-0.2, -0.15) is 0 Å². The van der Waals surface area contributed by atoms with Crippen LogP contribution in [0.2, 0.25) is 0 Å². The molecular weight excluding hydrogens is 360 g/mol. The largest absolute Gasteiger partial charge is 0.456 e. The number of amides is 3. The highest BCUT2D eigenvalue weighted by Gasteiger charge is 2.13. The third-order valence-electron chi connectivity index (χ3n) is 3.24. The molecule has 2 aromatic carbocycles. The number of carbonyl (C=O) groups excluding carboxylic acids is 3. The summed E-state index contributed by atoms with van der Waals surface area (Å²) in [4.78, 5) is 34.8. The van der Waals surface area contributed by atoms with Crippen LogP contribution in [-0.4, -0.2) is 31.1 Å². The number of benzene rings is 2. The standard InChI is InChI=1S/C18H17F2N3O4/c19-13-7-4-8-14(20)17(13)23-15(24)11-27-16(25)9-10-21-18(26)22-12-5-2-1-3-6-12/h1-8H,9-11H2,(H,23,24)(H2,21,22,26). The maximum atomic E-state index is 13.4. The number of urea groups is 1. The maximum Gasteiger partial charge on any atom is 0.319 e. The lowest BCUT2D eigenvalue weighted by Gasteiger charge is -2.09. The van der Waals surface area contributed by atoms with Gasteiger partial charge in [-0.1, -0.05) is 24.3 Å². The van der Waals surface area contributed by atoms with E-state index < -0.39 is 41.8 Å². The molecule has 0 fully saturated rings. The van der Waals surface area contributed by atoms with Gasteiger partial charge in [-0.3, -0.25) is 9.59 Å². The summed E-state index contributed by atoms with van der Waals surface area (Å²) in [5.41, 5.74) is -0.0209. The third kappa shape index (κ3) is 6.73. The summed E-state index contributed by atoms with van der Waals surface area (Å²) in [6.45, 7) is -0.718. The molecule has 0 bridgehead atoms. The fourth-order valence-electron chi connectivity index (χ4n) is 1.99. The first-order valence-electron chi connectivity index (χ1n) is 7.95. The summed E-state index contributed by atoms with van der Waals surface area (Å²) in [6, 6.07) is 11.3. The van der Waals surface area contributed by atoms with Gasteiger partial charge in [0, 0.05) is 12.2 Å². The molecule has 2 rings (SSSR count). The molecule has 0 aliphatic heterocycles. The number of hydrogen-bond donors (Lipinski definition) is 3. The van der Waals surface area contributed by atoms with Crippen LogP contribution in [0.15, 0.2) is 48.5 Å². The zero-order chi connectivity index (χ0) is 19.6. The molecule has 0 radical (unpaired) electrons. The first-order valence-corrected chi connectivity index (χ1v) is 7.95. The van der Waals surface area contributed by atoms with Crippen molar-refractivity contribution in [2.24, 2.45) is 0 Å². The number of carbonyl (C=O) groups is 3. The van der Waals surface area contributed by atoms with E-state index in [0.717, 1.165) is 18.2 Å². The Hall–Kier alpha value is -3.49. The van der Waals surface area contributed by atoms with Crippen LogP contribution in [0.1, 0.15) is 6.42 Å². The Kier molecular flexibility index (Phi) is 7.24. The second-order valence-corrected chi connectivity index (χ2v) is 5.30. The molecule has 0 saturated heterocycles. The van der Waals surface area contributed by atoms with Crippen molar-refractivity contribution in [1.29, 1.82) is 0 Å². The summed E-state index contributed by atoms with van der Waals surface area (Å²) >= 11 is 0. The summed E-state index contributed by atoms with van der Waals surface area (Å²) < 4.78 is 31.5. The summed E-state index contributed by atoms with van der Waals surface area (Å²) in [6.07, 6.45) is -0.177. The number of nitrogens with one attached hydrogen (secondary N) is 3. The van der Waals surface area contributed by atoms with Crippen molar-refractivity contribution in [3.63, 3.8) is 0 Å². The molecule has 3 N–H and O–H groups in total. The molecule has 9 heteroatoms. The van der Waals surface area contributed by atoms with Crippen LogP contribution in [0.4, 0.5) is 25.0 Å². The Labute approximate surface area is 153 Å². The SMILES string of the molecule is O=C(COC(=O)CCNC(=O)Nc1ccccc1)Nc1c(F)cccc1F. The maximum absolute atomic E-state index is 13.4. The Bertz CT molecular complexity index is 795. The van der Waals surface area contributed by atoms with Gasteiger partial charge >= 0.3 is 12.0 Å². The fourth-order valence-corrected chi connectivity index (χ4v) is 1.99. The highest BCUT2D eigenvalue weighted by Crippen LogP contribution is 2.17. The van der Waals surface area contributed by atoms with E-state index in [1.54, 1.807) is 30.3 Å². The number of anilines is 2. The first kappa shape index (κ1) is 19.8. The van der Waals surface area contributed by atoms with Crippen molar-refractivity contribution >= 4 is 29.3 Å². The monoisotopic (exact) mass is 377 g/mol. The first-order chi connectivity index (χ1) is 13.0. The molecule has 0 aliphatic carbocycles. The van der Waals surface area contributed by atoms with Gasteiger partial charge in [0.15, 0.2) is 6.61 Å². The normalized spacial score (nSPS) is 10.0. The Morgan fingerprint density at radius 2 is 1.56 bits per heavy atom. The van der Waals surface area contributed by atoms with Gasteiger partial charge in [0.1, 0.15) is 17.3 Å². The van der Waals surface area contributed by atoms with E-state index in [2.05, 4.69) is 15.4 Å². The van der Waals surface area contributed by atoms with E-state index in [1.165, 1.54) is 0 Å². The van der Waals surface area contributed by atoms with E-state index >= 15 is 0 Å². The van der Waals surface area contributed by atoms with Crippen LogP contribution < -0.4 is 16.0 Å². The molecule has 3 amide bonds. The fraction of sp³-hybridized carbons (Fsp3) is 0.167. The average molecular weight is 377 g/mol. The molecule has 0 atom stereocenters. The molecular formula is C18H17F2N3O4. The van der Waals surface area contributed by atoms with Gasteiger partial charge in [-0.15, -0.1) is 0 Å². The van der Waals surface area contributed by atoms with Gasteiger partial charge < -0.3 is 20.7 Å². The second-order valence-electron chi connectivity index (χ2n) is 5.30. The molecule has 27 heavy (non-hydrogen) atoms. The number of halogens is 2. The van der Waals surface area contributed by atoms with Gasteiger partial charge in [-0.05, 0) is 24.3 Å². The molecule has 0 aromatic heterocycles. The van der Waals surface area contributed by atoms with Crippen LogP contribution in [0, 0.1) is 11.6 Å². The van der Waals surface area contributed by atoms with Crippen molar-refractivity contribution in [2.75, 3.05) is 23.8 Å². The Morgan fingerprint density at radius 1 is 0.889 bits per heavy atom. The number of hydrogen-bond acceptors (Lipinski definition) is 4. The van der Waals surface area contributed by atoms with Gasteiger partial charge in [-0.25, -0.2) is 13.6 Å². The summed E-state index contributed by atoms with van der Waals surface area (Å²) in [7, 11) is 0. The van der Waals surface area contributed by atoms with Gasteiger partial charge in [0.05, 0.1) is 6.42 Å². The van der Waals surface area contributed by atoms with Crippen molar-refractivity contribution in [3.8, 4) is 0 Å². The molecule has 0 heterocycles. The average Bonchev–Trinajstić information content (AvgIpc) is 2.64. The smallest absolute Gasteiger partial charge is 0.319 e. The van der Waals surface area contributed by atoms with E-state index in [1.807, 2.05) is 5.32 Å². The number of esters is 1. The van der Waals surface area contributed by atoms with Crippen molar-refractivity contribution < 1.29 is 27.9 Å². The number of rotatable bonds is 7. The van der Waals surface area contributed by atoms with E-state index in [4.69, 9.17) is 0 Å². The van der Waals surface area contributed by atoms with Crippen molar-refractivity contribution in [2.45, 2.75) is 6.42 Å². The summed E-state index contributed by atoms with van der Waals surface area (Å²) in [5.74, 6) is -3.52. The van der Waals surface area contributed by atoms with Crippen LogP contribution in [0.5, 0.6) is 0 Å². The van der Waals surface area contributed by atoms with Crippen molar-refractivity contribution in [1.82, 2.24) is 5.32 Å². The highest BCUT2D eigenvalue weighted by molar-refractivity contribution is 5.93. The molecule has 7 nitrogen and oxygen atoms in total. The zero-order valence-electron chi connectivity index (χ0n) is 14.1. The quantitative estimate of drug-likeness (QED) is 0.647. The number of para-hydroxylation sites is 2. The predicted molar refractivity (Wildman–Crippen MR) is 94.0 cm³/mol. The van der Waals surface area contributed by atoms with Gasteiger partial charge in [0.25, 0.3) is 5.91 Å². The molecule has 0 spiro atoms. The lowest BCUT2D eigenvalue weighted by Crippen LogP contribution is -2.31. The zero-order valence-corrected chi connectivity index (χ0v) is 14.1. The molecule has 0 aliphatic rings. The predicted octanol–water partition coefficient (Wildman–Crippen LogP) is 2.66. The Morgan fingerprint density at radius 3 is 2.22 bits per heavy atom. The topological polar surface area (TPSA) is 96.5 Å². The lowest BCUT2D eigenvalue weighted by molar-refractivity contribution is -0.147. The molecule has 2 aromatic rings. The number of ether oxygens (including phenoxy) is 1. The minimum absolute atomic E-state index is 0.0128. The minimum atomic E-state index is -0.941. The molecule has 0 unspecified atom stereocenters. The van der Waals surface area contributed by atoms with Crippen LogP contribution in [0.25, 0.3) is 0 Å².